The second kappa shape index (κ2) is 5.22. The number of ether oxygens (including phenoxy) is 1. The van der Waals surface area contributed by atoms with Crippen molar-refractivity contribution < 1.29 is 14.3 Å². The van der Waals surface area contributed by atoms with Gasteiger partial charge in [-0.15, -0.1) is 0 Å². The summed E-state index contributed by atoms with van der Waals surface area (Å²) in [6.07, 6.45) is 1.25. The van der Waals surface area contributed by atoms with Crippen LogP contribution in [0.25, 0.3) is 5.69 Å². The van der Waals surface area contributed by atoms with Crippen LogP contribution in [0.5, 0.6) is 0 Å². The third-order valence-corrected chi connectivity index (χ3v) is 3.00. The van der Waals surface area contributed by atoms with E-state index >= 15 is 0 Å². The van der Waals surface area contributed by atoms with E-state index in [0.717, 1.165) is 0 Å². The molecule has 0 saturated carbocycles. The highest BCUT2D eigenvalue weighted by Crippen LogP contribution is 2.23. The molecule has 1 aromatic carbocycles. The van der Waals surface area contributed by atoms with E-state index < -0.39 is 11.9 Å². The molecule has 104 valence electrons. The van der Waals surface area contributed by atoms with Gasteiger partial charge in [0, 0.05) is 0 Å². The van der Waals surface area contributed by atoms with Crippen molar-refractivity contribution in [2.24, 2.45) is 5.73 Å². The van der Waals surface area contributed by atoms with Crippen molar-refractivity contribution in [1.82, 2.24) is 9.78 Å². The molecule has 0 unspecified atom stereocenters. The minimum absolute atomic E-state index is 0.0793. The fourth-order valence-electron chi connectivity index (χ4n) is 1.66. The van der Waals surface area contributed by atoms with E-state index in [-0.39, 0.29) is 22.0 Å². The summed E-state index contributed by atoms with van der Waals surface area (Å²) < 4.78 is 5.90. The van der Waals surface area contributed by atoms with Gasteiger partial charge >= 0.3 is 5.97 Å². The second-order valence-electron chi connectivity index (χ2n) is 3.88. The third kappa shape index (κ3) is 2.30. The van der Waals surface area contributed by atoms with Gasteiger partial charge < -0.3 is 16.2 Å². The molecule has 0 saturated heterocycles. The lowest BCUT2D eigenvalue weighted by Crippen LogP contribution is -2.13. The summed E-state index contributed by atoms with van der Waals surface area (Å²) in [7, 11) is 1.25. The van der Waals surface area contributed by atoms with Crippen molar-refractivity contribution in [2.45, 2.75) is 0 Å². The molecular weight excluding hydrogens is 284 g/mol. The van der Waals surface area contributed by atoms with Gasteiger partial charge in [-0.2, -0.15) is 5.10 Å². The van der Waals surface area contributed by atoms with Gasteiger partial charge in [-0.3, -0.25) is 4.79 Å². The normalized spacial score (nSPS) is 10.3. The van der Waals surface area contributed by atoms with E-state index in [1.165, 1.54) is 30.1 Å². The Morgan fingerprint density at radius 2 is 2.05 bits per heavy atom. The zero-order valence-electron chi connectivity index (χ0n) is 10.5. The molecule has 0 aliphatic heterocycles. The number of anilines is 1. The molecule has 0 radical (unpaired) electrons. The monoisotopic (exact) mass is 294 g/mol. The van der Waals surface area contributed by atoms with Crippen LogP contribution in [0.15, 0.2) is 24.4 Å². The Morgan fingerprint density at radius 1 is 1.35 bits per heavy atom. The van der Waals surface area contributed by atoms with Crippen molar-refractivity contribution in [1.29, 1.82) is 0 Å². The number of hydrogen-bond donors (Lipinski definition) is 2. The van der Waals surface area contributed by atoms with Gasteiger partial charge in [-0.25, -0.2) is 9.48 Å². The van der Waals surface area contributed by atoms with Crippen LogP contribution >= 0.6 is 11.6 Å². The van der Waals surface area contributed by atoms with Crippen molar-refractivity contribution in [2.75, 3.05) is 12.8 Å². The Hall–Kier alpha value is -2.54. The van der Waals surface area contributed by atoms with Crippen LogP contribution in [0, 0.1) is 0 Å². The van der Waals surface area contributed by atoms with Crippen molar-refractivity contribution in [3.63, 3.8) is 0 Å². The zero-order valence-corrected chi connectivity index (χ0v) is 11.2. The molecule has 7 nitrogen and oxygen atoms in total. The topological polar surface area (TPSA) is 113 Å². The van der Waals surface area contributed by atoms with E-state index in [4.69, 9.17) is 23.1 Å². The quantitative estimate of drug-likeness (QED) is 0.820. The number of carbonyl (C=O) groups excluding carboxylic acids is 2. The van der Waals surface area contributed by atoms with Crippen LogP contribution in [-0.4, -0.2) is 28.8 Å². The number of primary amides is 1. The van der Waals surface area contributed by atoms with Gasteiger partial charge in [-0.1, -0.05) is 11.6 Å². The van der Waals surface area contributed by atoms with Crippen LogP contribution in [0.4, 0.5) is 5.82 Å². The number of carbonyl (C=O) groups is 2. The number of nitrogens with zero attached hydrogens (tertiary/aromatic N) is 2. The first kappa shape index (κ1) is 13.9. The molecule has 2 rings (SSSR count). The lowest BCUT2D eigenvalue weighted by Gasteiger charge is -2.08. The third-order valence-electron chi connectivity index (χ3n) is 2.67. The van der Waals surface area contributed by atoms with E-state index in [0.29, 0.717) is 5.69 Å². The molecule has 20 heavy (non-hydrogen) atoms. The first-order valence-corrected chi connectivity index (χ1v) is 5.85. The molecule has 0 fully saturated rings. The Balaban J connectivity index is 2.54. The number of hydrogen-bond acceptors (Lipinski definition) is 5. The molecular formula is C12H11ClN4O3. The fraction of sp³-hybridized carbons (Fsp3) is 0.0833. The number of rotatable bonds is 3. The maximum Gasteiger partial charge on any atom is 0.339 e. The Morgan fingerprint density at radius 3 is 2.60 bits per heavy atom. The highest BCUT2D eigenvalue weighted by atomic mass is 35.5. The Bertz CT molecular complexity index is 696. The zero-order chi connectivity index (χ0) is 14.9. The lowest BCUT2D eigenvalue weighted by molar-refractivity contribution is 0.0600. The molecule has 4 N–H and O–H groups in total. The number of nitrogens with two attached hydrogens (primary N) is 2. The number of benzene rings is 1. The predicted molar refractivity (Wildman–Crippen MR) is 72.8 cm³/mol. The average Bonchev–Trinajstić information content (AvgIpc) is 2.80. The van der Waals surface area contributed by atoms with Crippen LogP contribution in [0.1, 0.15) is 20.7 Å². The minimum Gasteiger partial charge on any atom is -0.465 e. The smallest absolute Gasteiger partial charge is 0.339 e. The summed E-state index contributed by atoms with van der Waals surface area (Å²) >= 11 is 5.92. The first-order chi connectivity index (χ1) is 9.45. The van der Waals surface area contributed by atoms with E-state index in [2.05, 4.69) is 9.84 Å². The van der Waals surface area contributed by atoms with E-state index in [1.54, 1.807) is 6.07 Å². The standard InChI is InChI=1S/C12H11ClN4O3/c1-20-12(19)7-4-6(2-3-9(7)13)17-10(14)8(5-16-17)11(15)18/h2-5H,14H2,1H3,(H2,15,18). The number of amides is 1. The Kier molecular flexibility index (Phi) is 3.62. The largest absolute Gasteiger partial charge is 0.465 e. The molecule has 1 aromatic heterocycles. The molecule has 8 heteroatoms. The van der Waals surface area contributed by atoms with Crippen LogP contribution in [0.2, 0.25) is 5.02 Å². The molecule has 0 aliphatic rings. The van der Waals surface area contributed by atoms with Crippen LogP contribution in [-0.2, 0) is 4.74 Å². The SMILES string of the molecule is COC(=O)c1cc(-n2ncc(C(N)=O)c2N)ccc1Cl. The summed E-state index contributed by atoms with van der Waals surface area (Å²) in [5, 5.41) is 4.20. The first-order valence-electron chi connectivity index (χ1n) is 5.47. The van der Waals surface area contributed by atoms with Gasteiger partial charge in [0.15, 0.2) is 0 Å². The van der Waals surface area contributed by atoms with Crippen LogP contribution < -0.4 is 11.5 Å². The summed E-state index contributed by atoms with van der Waals surface area (Å²) in [4.78, 5) is 22.7. The molecule has 0 atom stereocenters. The molecule has 0 aliphatic carbocycles. The van der Waals surface area contributed by atoms with E-state index in [1.807, 2.05) is 0 Å². The second-order valence-corrected chi connectivity index (χ2v) is 4.28. The minimum atomic E-state index is -0.684. The van der Waals surface area contributed by atoms with E-state index in [9.17, 15) is 9.59 Å². The lowest BCUT2D eigenvalue weighted by atomic mass is 10.2. The summed E-state index contributed by atoms with van der Waals surface area (Å²) in [6.45, 7) is 0. The maximum atomic E-state index is 11.6. The highest BCUT2D eigenvalue weighted by Gasteiger charge is 2.16. The Labute approximate surface area is 119 Å². The fourth-order valence-corrected chi connectivity index (χ4v) is 1.86. The molecule has 0 bridgehead atoms. The van der Waals surface area contributed by atoms with Gasteiger partial charge in [0.2, 0.25) is 0 Å². The number of methoxy groups -OCH3 is 1. The van der Waals surface area contributed by atoms with Gasteiger partial charge in [-0.05, 0) is 18.2 Å². The molecule has 0 spiro atoms. The number of halogens is 1. The maximum absolute atomic E-state index is 11.6. The highest BCUT2D eigenvalue weighted by molar-refractivity contribution is 6.33. The summed E-state index contributed by atoms with van der Waals surface area (Å²) in [5.41, 5.74) is 11.7. The molecule has 1 amide bonds. The summed E-state index contributed by atoms with van der Waals surface area (Å²) in [6, 6.07) is 4.57. The van der Waals surface area contributed by atoms with Gasteiger partial charge in [0.05, 0.1) is 29.6 Å². The number of esters is 1. The predicted octanol–water partition coefficient (Wildman–Crippen LogP) is 0.993. The van der Waals surface area contributed by atoms with Gasteiger partial charge in [0.25, 0.3) is 5.91 Å². The van der Waals surface area contributed by atoms with Gasteiger partial charge in [0.1, 0.15) is 11.4 Å². The number of nitrogen functional groups attached to an aromatic ring is 1. The van der Waals surface area contributed by atoms with Crippen molar-refractivity contribution >= 4 is 29.3 Å². The molecule has 2 aromatic rings. The van der Waals surface area contributed by atoms with Crippen molar-refractivity contribution in [3.05, 3.63) is 40.5 Å². The van der Waals surface area contributed by atoms with Crippen molar-refractivity contribution in [3.8, 4) is 5.69 Å². The number of aromatic nitrogens is 2. The van der Waals surface area contributed by atoms with Crippen LogP contribution in [0.3, 0.4) is 0 Å². The average molecular weight is 295 g/mol. The summed E-state index contributed by atoms with van der Waals surface area (Å²) in [5.74, 6) is -1.19. The molecule has 1 heterocycles.